The molecule has 0 radical (unpaired) electrons. The van der Waals surface area contributed by atoms with Crippen LogP contribution in [0.15, 0.2) is 85.1 Å². The number of fused-ring (bicyclic) bond motifs is 1. The maximum absolute atomic E-state index is 4.16. The quantitative estimate of drug-likeness (QED) is 0.463. The largest absolute Gasteiger partial charge is 0.278 e. The van der Waals surface area contributed by atoms with E-state index in [1.165, 1.54) is 27.8 Å². The second-order valence-corrected chi connectivity index (χ2v) is 6.11. The van der Waals surface area contributed by atoms with Crippen LogP contribution in [0.2, 0.25) is 0 Å². The molecule has 3 aromatic carbocycles. The van der Waals surface area contributed by atoms with Crippen LogP contribution in [0.5, 0.6) is 0 Å². The van der Waals surface area contributed by atoms with Gasteiger partial charge in [0.05, 0.1) is 11.7 Å². The zero-order valence-electron chi connectivity index (χ0n) is 14.2. The summed E-state index contributed by atoms with van der Waals surface area (Å²) >= 11 is 0. The van der Waals surface area contributed by atoms with E-state index in [-0.39, 0.29) is 0 Å². The molecule has 0 saturated heterocycles. The van der Waals surface area contributed by atoms with Gasteiger partial charge in [0.25, 0.3) is 0 Å². The highest BCUT2D eigenvalue weighted by Gasteiger charge is 2.13. The van der Waals surface area contributed by atoms with Crippen LogP contribution in [0.4, 0.5) is 0 Å². The van der Waals surface area contributed by atoms with Gasteiger partial charge in [-0.15, -0.1) is 0 Å². The van der Waals surface area contributed by atoms with Crippen LogP contribution in [-0.2, 0) is 0 Å². The molecule has 0 spiro atoms. The molecular weight excluding hydrogens is 304 g/mol. The first-order valence-corrected chi connectivity index (χ1v) is 8.64. The highest BCUT2D eigenvalue weighted by molar-refractivity contribution is 6.00. The Kier molecular flexibility index (Phi) is 4.17. The molecule has 0 saturated carbocycles. The number of H-pyrrole nitrogens is 1. The van der Waals surface area contributed by atoms with Crippen molar-refractivity contribution in [2.24, 2.45) is 0 Å². The lowest BCUT2D eigenvalue weighted by atomic mass is 9.88. The number of aromatic nitrogens is 2. The lowest BCUT2D eigenvalue weighted by Gasteiger charge is -2.16. The minimum atomic E-state index is 0.970. The monoisotopic (exact) mass is 324 g/mol. The highest BCUT2D eigenvalue weighted by atomic mass is 15.1. The average molecular weight is 324 g/mol. The zero-order valence-corrected chi connectivity index (χ0v) is 14.2. The van der Waals surface area contributed by atoms with Crippen LogP contribution in [0.3, 0.4) is 0 Å². The van der Waals surface area contributed by atoms with Crippen molar-refractivity contribution in [3.63, 3.8) is 0 Å². The predicted molar refractivity (Wildman–Crippen MR) is 105 cm³/mol. The van der Waals surface area contributed by atoms with E-state index in [0.717, 1.165) is 17.3 Å². The number of aromatic amines is 1. The van der Waals surface area contributed by atoms with Gasteiger partial charge < -0.3 is 0 Å². The molecule has 1 N–H and O–H groups in total. The summed E-state index contributed by atoms with van der Waals surface area (Å²) in [6.07, 6.45) is 2.85. The summed E-state index contributed by atoms with van der Waals surface area (Å²) in [5.74, 6) is 0. The van der Waals surface area contributed by atoms with Crippen molar-refractivity contribution in [2.45, 2.75) is 13.3 Å². The van der Waals surface area contributed by atoms with E-state index in [4.69, 9.17) is 0 Å². The molecule has 0 aliphatic heterocycles. The Morgan fingerprint density at radius 3 is 2.16 bits per heavy atom. The van der Waals surface area contributed by atoms with Crippen molar-refractivity contribution in [2.75, 3.05) is 0 Å². The first kappa shape index (κ1) is 15.4. The molecule has 0 aliphatic carbocycles. The summed E-state index contributed by atoms with van der Waals surface area (Å²) in [7, 11) is 0. The van der Waals surface area contributed by atoms with Gasteiger partial charge >= 0.3 is 0 Å². The van der Waals surface area contributed by atoms with E-state index in [9.17, 15) is 0 Å². The van der Waals surface area contributed by atoms with Crippen molar-refractivity contribution < 1.29 is 0 Å². The molecule has 122 valence electrons. The summed E-state index contributed by atoms with van der Waals surface area (Å²) in [4.78, 5) is 0. The van der Waals surface area contributed by atoms with E-state index >= 15 is 0 Å². The number of allylic oxidation sites excluding steroid dienone is 1. The predicted octanol–water partition coefficient (Wildman–Crippen LogP) is 5.93. The maximum Gasteiger partial charge on any atom is 0.0650 e. The Bertz CT molecular complexity index is 1010. The van der Waals surface area contributed by atoms with E-state index in [1.54, 1.807) is 0 Å². The van der Waals surface area contributed by atoms with Crippen molar-refractivity contribution in [3.05, 3.63) is 102 Å². The van der Waals surface area contributed by atoms with Crippen LogP contribution >= 0.6 is 0 Å². The Labute approximate surface area is 147 Å². The second-order valence-electron chi connectivity index (χ2n) is 6.11. The van der Waals surface area contributed by atoms with Gasteiger partial charge in [0.15, 0.2) is 0 Å². The molecule has 1 aromatic heterocycles. The lowest BCUT2D eigenvalue weighted by Crippen LogP contribution is -1.95. The van der Waals surface area contributed by atoms with Gasteiger partial charge in [-0.3, -0.25) is 5.10 Å². The summed E-state index contributed by atoms with van der Waals surface area (Å²) in [5.41, 5.74) is 7.45. The third-order valence-corrected chi connectivity index (χ3v) is 4.57. The Morgan fingerprint density at radius 2 is 1.48 bits per heavy atom. The second kappa shape index (κ2) is 6.78. The molecule has 0 amide bonds. The minimum Gasteiger partial charge on any atom is -0.278 e. The number of rotatable bonds is 4. The van der Waals surface area contributed by atoms with Crippen molar-refractivity contribution >= 4 is 22.0 Å². The third kappa shape index (κ3) is 2.99. The van der Waals surface area contributed by atoms with E-state index in [1.807, 2.05) is 6.20 Å². The first-order chi connectivity index (χ1) is 12.4. The summed E-state index contributed by atoms with van der Waals surface area (Å²) < 4.78 is 0. The SMILES string of the molecule is CC/C(=C(/c1ccccc1)c1ccc2[nH]ncc2c1)c1ccccc1. The summed E-state index contributed by atoms with van der Waals surface area (Å²) in [6, 6.07) is 27.8. The van der Waals surface area contributed by atoms with Gasteiger partial charge in [0, 0.05) is 5.39 Å². The number of hydrogen-bond donors (Lipinski definition) is 1. The lowest BCUT2D eigenvalue weighted by molar-refractivity contribution is 1.12. The van der Waals surface area contributed by atoms with Gasteiger partial charge in [0.2, 0.25) is 0 Å². The third-order valence-electron chi connectivity index (χ3n) is 4.57. The standard InChI is InChI=1S/C23H20N2/c1-2-21(17-9-5-3-6-10-17)23(18-11-7-4-8-12-18)19-13-14-22-20(15-19)16-24-25-22/h3-16H,2H2,1H3,(H,24,25)/b23-21+. The molecule has 0 unspecified atom stereocenters. The van der Waals surface area contributed by atoms with Gasteiger partial charge in [-0.25, -0.2) is 0 Å². The van der Waals surface area contributed by atoms with E-state index in [0.29, 0.717) is 0 Å². The van der Waals surface area contributed by atoms with Gasteiger partial charge in [-0.05, 0) is 46.4 Å². The van der Waals surface area contributed by atoms with Gasteiger partial charge in [0.1, 0.15) is 0 Å². The normalized spacial score (nSPS) is 12.2. The van der Waals surface area contributed by atoms with E-state index < -0.39 is 0 Å². The molecule has 0 bridgehead atoms. The topological polar surface area (TPSA) is 28.7 Å². The molecule has 4 aromatic rings. The van der Waals surface area contributed by atoms with E-state index in [2.05, 4.69) is 96.0 Å². The van der Waals surface area contributed by atoms with Crippen LogP contribution in [0, 0.1) is 0 Å². The average Bonchev–Trinajstić information content (AvgIpc) is 3.15. The fraction of sp³-hybridized carbons (Fsp3) is 0.0870. The molecular formula is C23H20N2. The summed E-state index contributed by atoms with van der Waals surface area (Å²) in [6.45, 7) is 2.22. The van der Waals surface area contributed by atoms with Crippen LogP contribution in [0.1, 0.15) is 30.0 Å². The highest BCUT2D eigenvalue weighted by Crippen LogP contribution is 2.35. The molecule has 0 aliphatic rings. The number of benzene rings is 3. The Balaban J connectivity index is 2.00. The fourth-order valence-electron chi connectivity index (χ4n) is 3.38. The molecule has 4 rings (SSSR count). The van der Waals surface area contributed by atoms with Crippen LogP contribution < -0.4 is 0 Å². The van der Waals surface area contributed by atoms with Gasteiger partial charge in [-0.2, -0.15) is 5.10 Å². The number of nitrogens with zero attached hydrogens (tertiary/aromatic N) is 1. The molecule has 2 nitrogen and oxygen atoms in total. The molecule has 1 heterocycles. The molecule has 0 fully saturated rings. The zero-order chi connectivity index (χ0) is 17.1. The van der Waals surface area contributed by atoms with Crippen molar-refractivity contribution in [1.82, 2.24) is 10.2 Å². The number of nitrogens with one attached hydrogen (secondary N) is 1. The van der Waals surface area contributed by atoms with Gasteiger partial charge in [-0.1, -0.05) is 73.7 Å². The van der Waals surface area contributed by atoms with Crippen molar-refractivity contribution in [1.29, 1.82) is 0 Å². The molecule has 25 heavy (non-hydrogen) atoms. The first-order valence-electron chi connectivity index (χ1n) is 8.64. The number of hydrogen-bond acceptors (Lipinski definition) is 1. The Hall–Kier alpha value is -3.13. The van der Waals surface area contributed by atoms with Crippen LogP contribution in [-0.4, -0.2) is 10.2 Å². The molecule has 0 atom stereocenters. The smallest absolute Gasteiger partial charge is 0.0650 e. The van der Waals surface area contributed by atoms with Crippen LogP contribution in [0.25, 0.3) is 22.0 Å². The molecule has 2 heteroatoms. The van der Waals surface area contributed by atoms with Crippen molar-refractivity contribution in [3.8, 4) is 0 Å². The Morgan fingerprint density at radius 1 is 0.800 bits per heavy atom. The summed E-state index contributed by atoms with van der Waals surface area (Å²) in [5, 5.41) is 8.32. The minimum absolute atomic E-state index is 0.970. The fourth-order valence-corrected chi connectivity index (χ4v) is 3.38. The maximum atomic E-state index is 4.16.